The van der Waals surface area contributed by atoms with Gasteiger partial charge in [-0.2, -0.15) is 18.4 Å². The molecule has 0 aliphatic rings. The molecule has 4 nitrogen and oxygen atoms in total. The Bertz CT molecular complexity index is 564. The lowest BCUT2D eigenvalue weighted by atomic mass is 10.1. The summed E-state index contributed by atoms with van der Waals surface area (Å²) in [4.78, 5) is 12.8. The minimum Gasteiger partial charge on any atom is -0.469 e. The SMILES string of the molecule is COC(=O)C(C)CN(C)c1ccc(C#N)c(C(F)(F)F)c1. The van der Waals surface area contributed by atoms with Crippen LogP contribution in [0.15, 0.2) is 18.2 Å². The lowest BCUT2D eigenvalue weighted by Gasteiger charge is -2.23. The fourth-order valence-electron chi connectivity index (χ4n) is 1.89. The minimum atomic E-state index is -4.60. The van der Waals surface area contributed by atoms with Crippen LogP contribution in [0.3, 0.4) is 0 Å². The zero-order chi connectivity index (χ0) is 16.2. The van der Waals surface area contributed by atoms with Crippen molar-refractivity contribution in [3.63, 3.8) is 0 Å². The van der Waals surface area contributed by atoms with Crippen LogP contribution in [0.4, 0.5) is 18.9 Å². The summed E-state index contributed by atoms with van der Waals surface area (Å²) in [5, 5.41) is 8.74. The van der Waals surface area contributed by atoms with E-state index < -0.39 is 29.2 Å². The number of nitrogens with zero attached hydrogens (tertiary/aromatic N) is 2. The maximum atomic E-state index is 12.9. The number of rotatable bonds is 4. The van der Waals surface area contributed by atoms with Gasteiger partial charge in [-0.05, 0) is 18.2 Å². The molecule has 1 aromatic rings. The molecule has 7 heteroatoms. The quantitative estimate of drug-likeness (QED) is 0.802. The van der Waals surface area contributed by atoms with Gasteiger partial charge in [0.2, 0.25) is 0 Å². The Morgan fingerprint density at radius 3 is 2.57 bits per heavy atom. The van der Waals surface area contributed by atoms with Gasteiger partial charge in [0.15, 0.2) is 0 Å². The molecule has 0 amide bonds. The second kappa shape index (κ2) is 6.48. The van der Waals surface area contributed by atoms with Crippen molar-refractivity contribution < 1.29 is 22.7 Å². The van der Waals surface area contributed by atoms with E-state index in [9.17, 15) is 18.0 Å². The molecule has 0 spiro atoms. The molecular formula is C14H15F3N2O2. The Hall–Kier alpha value is -2.23. The summed E-state index contributed by atoms with van der Waals surface area (Å²) in [7, 11) is 2.82. The summed E-state index contributed by atoms with van der Waals surface area (Å²) in [5.74, 6) is -0.920. The Kier molecular flexibility index (Phi) is 5.19. The first-order valence-corrected chi connectivity index (χ1v) is 6.11. The van der Waals surface area contributed by atoms with Crippen molar-refractivity contribution in [2.45, 2.75) is 13.1 Å². The highest BCUT2D eigenvalue weighted by molar-refractivity contribution is 5.72. The van der Waals surface area contributed by atoms with E-state index in [0.29, 0.717) is 0 Å². The van der Waals surface area contributed by atoms with Crippen molar-refractivity contribution in [2.24, 2.45) is 5.92 Å². The number of anilines is 1. The molecule has 0 saturated heterocycles. The highest BCUT2D eigenvalue weighted by Crippen LogP contribution is 2.34. The van der Waals surface area contributed by atoms with Gasteiger partial charge in [0.1, 0.15) is 0 Å². The molecule has 0 N–H and O–H groups in total. The molecule has 0 fully saturated rings. The number of hydrogen-bond donors (Lipinski definition) is 0. The molecule has 0 radical (unpaired) electrons. The normalized spacial score (nSPS) is 12.4. The molecule has 0 aromatic heterocycles. The van der Waals surface area contributed by atoms with Crippen LogP contribution in [-0.4, -0.2) is 26.7 Å². The first kappa shape index (κ1) is 16.8. The number of carbonyl (C=O) groups is 1. The number of carbonyl (C=O) groups excluding carboxylic acids is 1. The molecule has 0 bridgehead atoms. The molecule has 114 valence electrons. The molecule has 0 aliphatic heterocycles. The van der Waals surface area contributed by atoms with Crippen LogP contribution in [0.2, 0.25) is 0 Å². The van der Waals surface area contributed by atoms with Crippen LogP contribution >= 0.6 is 0 Å². The number of alkyl halides is 3. The monoisotopic (exact) mass is 300 g/mol. The fraction of sp³-hybridized carbons (Fsp3) is 0.429. The molecule has 0 heterocycles. The van der Waals surface area contributed by atoms with E-state index in [0.717, 1.165) is 12.1 Å². The molecule has 0 aliphatic carbocycles. The number of hydrogen-bond acceptors (Lipinski definition) is 4. The third-order valence-electron chi connectivity index (χ3n) is 3.02. The maximum absolute atomic E-state index is 12.9. The predicted octanol–water partition coefficient (Wildman–Crippen LogP) is 2.82. The standard InChI is InChI=1S/C14H15F3N2O2/c1-9(13(20)21-3)8-19(2)11-5-4-10(7-18)12(6-11)14(15,16)17/h4-6,9H,8H2,1-3H3. The maximum Gasteiger partial charge on any atom is 0.417 e. The number of halogens is 3. The smallest absolute Gasteiger partial charge is 0.417 e. The number of benzene rings is 1. The minimum absolute atomic E-state index is 0.204. The van der Waals surface area contributed by atoms with E-state index in [1.54, 1.807) is 14.0 Å². The lowest BCUT2D eigenvalue weighted by molar-refractivity contribution is -0.144. The molecule has 21 heavy (non-hydrogen) atoms. The molecule has 1 aromatic carbocycles. The second-order valence-corrected chi connectivity index (χ2v) is 4.64. The summed E-state index contributed by atoms with van der Waals surface area (Å²) < 4.78 is 43.2. The summed E-state index contributed by atoms with van der Waals surface area (Å²) in [6, 6.07) is 4.97. The van der Waals surface area contributed by atoms with Gasteiger partial charge in [-0.15, -0.1) is 0 Å². The van der Waals surface area contributed by atoms with Crippen LogP contribution in [0.25, 0.3) is 0 Å². The van der Waals surface area contributed by atoms with Gasteiger partial charge in [-0.25, -0.2) is 0 Å². The van der Waals surface area contributed by atoms with E-state index in [4.69, 9.17) is 5.26 Å². The Labute approximate surface area is 120 Å². The zero-order valence-corrected chi connectivity index (χ0v) is 11.9. The van der Waals surface area contributed by atoms with Gasteiger partial charge in [-0.3, -0.25) is 4.79 Å². The number of esters is 1. The summed E-state index contributed by atoms with van der Waals surface area (Å²) in [5.41, 5.74) is -1.14. The van der Waals surface area contributed by atoms with Gasteiger partial charge in [0.05, 0.1) is 30.2 Å². The predicted molar refractivity (Wildman–Crippen MR) is 70.6 cm³/mol. The highest BCUT2D eigenvalue weighted by atomic mass is 19.4. The topological polar surface area (TPSA) is 53.3 Å². The average molecular weight is 300 g/mol. The zero-order valence-electron chi connectivity index (χ0n) is 11.9. The Morgan fingerprint density at radius 2 is 2.10 bits per heavy atom. The summed E-state index contributed by atoms with van der Waals surface area (Å²) in [6.45, 7) is 1.83. The molecule has 1 atom stereocenters. The molecule has 1 rings (SSSR count). The summed E-state index contributed by atoms with van der Waals surface area (Å²) in [6.07, 6.45) is -4.60. The van der Waals surface area contributed by atoms with E-state index >= 15 is 0 Å². The van der Waals surface area contributed by atoms with E-state index in [1.807, 2.05) is 0 Å². The average Bonchev–Trinajstić information content (AvgIpc) is 2.44. The van der Waals surface area contributed by atoms with Gasteiger partial charge in [-0.1, -0.05) is 6.92 Å². The molecule has 1 unspecified atom stereocenters. The summed E-state index contributed by atoms with van der Waals surface area (Å²) >= 11 is 0. The van der Waals surface area contributed by atoms with Gasteiger partial charge < -0.3 is 9.64 Å². The largest absolute Gasteiger partial charge is 0.469 e. The van der Waals surface area contributed by atoms with Gasteiger partial charge in [0.25, 0.3) is 0 Å². The lowest BCUT2D eigenvalue weighted by Crippen LogP contribution is -2.29. The van der Waals surface area contributed by atoms with Crippen LogP contribution in [0.1, 0.15) is 18.1 Å². The van der Waals surface area contributed by atoms with Crippen molar-refractivity contribution in [2.75, 3.05) is 25.6 Å². The van der Waals surface area contributed by atoms with Crippen molar-refractivity contribution in [3.8, 4) is 6.07 Å². The van der Waals surface area contributed by atoms with Gasteiger partial charge >= 0.3 is 12.1 Å². The Balaban J connectivity index is 3.04. The van der Waals surface area contributed by atoms with E-state index in [2.05, 4.69) is 4.74 Å². The van der Waals surface area contributed by atoms with E-state index in [1.165, 1.54) is 24.1 Å². The first-order chi connectivity index (χ1) is 9.70. The van der Waals surface area contributed by atoms with Crippen LogP contribution in [0.5, 0.6) is 0 Å². The van der Waals surface area contributed by atoms with Crippen LogP contribution in [-0.2, 0) is 15.7 Å². The molecule has 0 saturated carbocycles. The number of ether oxygens (including phenoxy) is 1. The van der Waals surface area contributed by atoms with Crippen molar-refractivity contribution in [3.05, 3.63) is 29.3 Å². The second-order valence-electron chi connectivity index (χ2n) is 4.64. The van der Waals surface area contributed by atoms with Crippen molar-refractivity contribution >= 4 is 11.7 Å². The van der Waals surface area contributed by atoms with Crippen molar-refractivity contribution in [1.29, 1.82) is 5.26 Å². The van der Waals surface area contributed by atoms with E-state index in [-0.39, 0.29) is 12.2 Å². The third kappa shape index (κ3) is 4.12. The van der Waals surface area contributed by atoms with Crippen molar-refractivity contribution in [1.82, 2.24) is 0 Å². The molecular weight excluding hydrogens is 285 g/mol. The number of nitriles is 1. The highest BCUT2D eigenvalue weighted by Gasteiger charge is 2.34. The Morgan fingerprint density at radius 1 is 1.48 bits per heavy atom. The number of methoxy groups -OCH3 is 1. The first-order valence-electron chi connectivity index (χ1n) is 6.11. The van der Waals surface area contributed by atoms with Crippen LogP contribution < -0.4 is 4.90 Å². The van der Waals surface area contributed by atoms with Gasteiger partial charge in [0, 0.05) is 19.3 Å². The third-order valence-corrected chi connectivity index (χ3v) is 3.02. The van der Waals surface area contributed by atoms with Crippen LogP contribution in [0, 0.1) is 17.2 Å². The fourth-order valence-corrected chi connectivity index (χ4v) is 1.89.